The van der Waals surface area contributed by atoms with E-state index < -0.39 is 5.69 Å². The highest BCUT2D eigenvalue weighted by atomic mass is 16.2. The van der Waals surface area contributed by atoms with Crippen LogP contribution in [0, 0.1) is 0 Å². The van der Waals surface area contributed by atoms with E-state index in [0.29, 0.717) is 24.3 Å². The lowest BCUT2D eigenvalue weighted by atomic mass is 10.2. The quantitative estimate of drug-likeness (QED) is 0.412. The molecule has 9 heteroatoms. The minimum atomic E-state index is -0.527. The van der Waals surface area contributed by atoms with Gasteiger partial charge in [-0.25, -0.2) is 9.78 Å². The Morgan fingerprint density at radius 3 is 2.40 bits per heavy atom. The maximum atomic E-state index is 12.9. The van der Waals surface area contributed by atoms with Crippen LogP contribution in [0.25, 0.3) is 22.6 Å². The number of hydrogen-bond acceptors (Lipinski definition) is 7. The van der Waals surface area contributed by atoms with Gasteiger partial charge in [0, 0.05) is 25.8 Å². The van der Waals surface area contributed by atoms with Crippen molar-refractivity contribution >= 4 is 16.7 Å². The predicted octanol–water partition coefficient (Wildman–Crippen LogP) is 0.910. The molecular weight excluding hydrogens is 382 g/mol. The second-order valence-electron chi connectivity index (χ2n) is 8.14. The molecule has 0 unspecified atom stereocenters. The molecule has 0 radical (unpaired) electrons. The SMILES string of the molecule is CN(C)CCCNc1ccc2nc3c(=O)n(CCCN(C)C)c(=O)nc-3n(C)c2c1. The molecule has 162 valence electrons. The number of hydrogen-bond donors (Lipinski definition) is 1. The van der Waals surface area contributed by atoms with Crippen LogP contribution in [-0.4, -0.2) is 76.7 Å². The molecule has 0 amide bonds. The summed E-state index contributed by atoms with van der Waals surface area (Å²) in [5.41, 5.74) is 1.80. The molecule has 1 aromatic carbocycles. The molecule has 1 N–H and O–H groups in total. The summed E-state index contributed by atoms with van der Waals surface area (Å²) in [5.74, 6) is 0.311. The number of benzene rings is 1. The third-order valence-corrected chi connectivity index (χ3v) is 5.08. The Labute approximate surface area is 176 Å². The van der Waals surface area contributed by atoms with E-state index in [1.807, 2.05) is 44.2 Å². The molecule has 0 bridgehead atoms. The van der Waals surface area contributed by atoms with Crippen LogP contribution >= 0.6 is 0 Å². The number of nitrogens with one attached hydrogen (secondary N) is 1. The van der Waals surface area contributed by atoms with Gasteiger partial charge in [0.15, 0.2) is 11.5 Å². The molecule has 1 aromatic rings. The first-order valence-electron chi connectivity index (χ1n) is 10.2. The fourth-order valence-electron chi connectivity index (χ4n) is 3.45. The predicted molar refractivity (Wildman–Crippen MR) is 120 cm³/mol. The van der Waals surface area contributed by atoms with Gasteiger partial charge >= 0.3 is 5.69 Å². The van der Waals surface area contributed by atoms with Crippen molar-refractivity contribution in [3.05, 3.63) is 39.0 Å². The van der Waals surface area contributed by atoms with Crippen LogP contribution in [0.2, 0.25) is 0 Å². The zero-order valence-corrected chi connectivity index (χ0v) is 18.5. The lowest BCUT2D eigenvalue weighted by Crippen LogP contribution is -2.39. The number of anilines is 1. The monoisotopic (exact) mass is 413 g/mol. The van der Waals surface area contributed by atoms with Crippen LogP contribution in [0.15, 0.2) is 27.8 Å². The first kappa shape index (κ1) is 21.9. The van der Waals surface area contributed by atoms with Gasteiger partial charge < -0.3 is 19.7 Å². The molecule has 0 saturated heterocycles. The van der Waals surface area contributed by atoms with Gasteiger partial charge in [-0.2, -0.15) is 4.98 Å². The second-order valence-corrected chi connectivity index (χ2v) is 8.14. The molecule has 30 heavy (non-hydrogen) atoms. The maximum Gasteiger partial charge on any atom is 0.352 e. The van der Waals surface area contributed by atoms with Crippen molar-refractivity contribution in [1.29, 1.82) is 0 Å². The smallest absolute Gasteiger partial charge is 0.352 e. The molecule has 0 fully saturated rings. The van der Waals surface area contributed by atoms with Gasteiger partial charge in [0.1, 0.15) is 0 Å². The van der Waals surface area contributed by atoms with Crippen LogP contribution in [-0.2, 0) is 13.6 Å². The van der Waals surface area contributed by atoms with Crippen molar-refractivity contribution in [1.82, 2.24) is 28.9 Å². The zero-order chi connectivity index (χ0) is 21.8. The van der Waals surface area contributed by atoms with Crippen LogP contribution in [0.1, 0.15) is 12.8 Å². The molecule has 2 aliphatic rings. The summed E-state index contributed by atoms with van der Waals surface area (Å²) in [5, 5.41) is 3.41. The Morgan fingerprint density at radius 1 is 1.00 bits per heavy atom. The fourth-order valence-corrected chi connectivity index (χ4v) is 3.45. The summed E-state index contributed by atoms with van der Waals surface area (Å²) in [6.45, 7) is 2.98. The van der Waals surface area contributed by atoms with E-state index in [9.17, 15) is 9.59 Å². The summed E-state index contributed by atoms with van der Waals surface area (Å²) in [6.07, 6.45) is 1.72. The van der Waals surface area contributed by atoms with E-state index in [0.717, 1.165) is 37.3 Å². The molecule has 2 heterocycles. The normalized spacial score (nSPS) is 11.8. The third-order valence-electron chi connectivity index (χ3n) is 5.08. The molecule has 9 nitrogen and oxygen atoms in total. The van der Waals surface area contributed by atoms with Crippen molar-refractivity contribution in [2.45, 2.75) is 19.4 Å². The van der Waals surface area contributed by atoms with Crippen molar-refractivity contribution in [2.75, 3.05) is 53.1 Å². The van der Waals surface area contributed by atoms with Gasteiger partial charge in [0.2, 0.25) is 0 Å². The van der Waals surface area contributed by atoms with Crippen molar-refractivity contribution < 1.29 is 0 Å². The standard InChI is InChI=1S/C21H31N7O2/c1-25(2)11-6-10-22-15-8-9-16-17(14-15)27(5)19-18(23-16)20(29)28(21(30)24-19)13-7-12-26(3)4/h8-9,14,22H,6-7,10-13H2,1-5H3. The van der Waals surface area contributed by atoms with Gasteiger partial charge in [-0.3, -0.25) is 9.36 Å². The molecule has 0 atom stereocenters. The van der Waals surface area contributed by atoms with E-state index in [4.69, 9.17) is 0 Å². The van der Waals surface area contributed by atoms with Gasteiger partial charge in [0.25, 0.3) is 5.56 Å². The minimum Gasteiger partial charge on any atom is -0.385 e. The van der Waals surface area contributed by atoms with Gasteiger partial charge in [-0.15, -0.1) is 0 Å². The van der Waals surface area contributed by atoms with Crippen LogP contribution in [0.5, 0.6) is 0 Å². The number of rotatable bonds is 9. The summed E-state index contributed by atoms with van der Waals surface area (Å²) < 4.78 is 2.96. The lowest BCUT2D eigenvalue weighted by molar-refractivity contribution is 0.382. The number of aromatic nitrogens is 4. The number of fused-ring (bicyclic) bond motifs is 2. The topological polar surface area (TPSA) is 88.3 Å². The average Bonchev–Trinajstić information content (AvgIpc) is 2.69. The number of nitrogens with zero attached hydrogens (tertiary/aromatic N) is 6. The summed E-state index contributed by atoms with van der Waals surface area (Å²) >= 11 is 0. The summed E-state index contributed by atoms with van der Waals surface area (Å²) in [7, 11) is 9.84. The molecule has 2 aliphatic heterocycles. The number of aryl methyl sites for hydroxylation is 1. The van der Waals surface area contributed by atoms with Gasteiger partial charge in [0.05, 0.1) is 11.0 Å². The Balaban J connectivity index is 1.95. The van der Waals surface area contributed by atoms with Crippen molar-refractivity contribution in [2.24, 2.45) is 7.05 Å². The van der Waals surface area contributed by atoms with Crippen LogP contribution < -0.4 is 16.6 Å². The molecule has 0 saturated carbocycles. The second kappa shape index (κ2) is 9.36. The highest BCUT2D eigenvalue weighted by molar-refractivity contribution is 5.82. The molecular formula is C21H31N7O2. The average molecular weight is 414 g/mol. The largest absolute Gasteiger partial charge is 0.385 e. The first-order chi connectivity index (χ1) is 14.3. The molecule has 0 spiro atoms. The van der Waals surface area contributed by atoms with Gasteiger partial charge in [-0.1, -0.05) is 0 Å². The Kier molecular flexibility index (Phi) is 6.84. The fraction of sp³-hybridized carbons (Fsp3) is 0.524. The van der Waals surface area contributed by atoms with E-state index in [1.54, 1.807) is 4.57 Å². The molecule has 0 aliphatic carbocycles. The van der Waals surface area contributed by atoms with Crippen molar-refractivity contribution in [3.63, 3.8) is 0 Å². The zero-order valence-electron chi connectivity index (χ0n) is 18.5. The van der Waals surface area contributed by atoms with E-state index in [-0.39, 0.29) is 11.3 Å². The highest BCUT2D eigenvalue weighted by Crippen LogP contribution is 2.22. The van der Waals surface area contributed by atoms with Gasteiger partial charge in [-0.05, 0) is 72.3 Å². The molecule has 0 aromatic heterocycles. The Bertz CT molecular complexity index is 1100. The first-order valence-corrected chi connectivity index (χ1v) is 10.2. The van der Waals surface area contributed by atoms with Crippen LogP contribution in [0.4, 0.5) is 5.69 Å². The van der Waals surface area contributed by atoms with E-state index in [2.05, 4.69) is 34.3 Å². The maximum absolute atomic E-state index is 12.9. The third kappa shape index (κ3) is 4.85. The summed E-state index contributed by atoms with van der Waals surface area (Å²) in [6, 6.07) is 5.83. The Hall–Kier alpha value is -2.78. The van der Waals surface area contributed by atoms with E-state index >= 15 is 0 Å². The Morgan fingerprint density at radius 2 is 1.70 bits per heavy atom. The van der Waals surface area contributed by atoms with E-state index in [1.165, 1.54) is 4.57 Å². The lowest BCUT2D eigenvalue weighted by Gasteiger charge is -2.16. The highest BCUT2D eigenvalue weighted by Gasteiger charge is 2.20. The molecule has 3 rings (SSSR count). The minimum absolute atomic E-state index is 0.223. The van der Waals surface area contributed by atoms with Crippen LogP contribution in [0.3, 0.4) is 0 Å². The van der Waals surface area contributed by atoms with Crippen molar-refractivity contribution in [3.8, 4) is 11.5 Å². The summed E-state index contributed by atoms with van der Waals surface area (Å²) in [4.78, 5) is 38.3.